The molecular formula is C17H15F3N4O2S. The van der Waals surface area contributed by atoms with Crippen LogP contribution in [-0.2, 0) is 18.0 Å². The highest BCUT2D eigenvalue weighted by Crippen LogP contribution is 2.37. The van der Waals surface area contributed by atoms with E-state index in [-0.39, 0.29) is 12.2 Å². The number of pyridine rings is 2. The molecule has 0 bridgehead atoms. The van der Waals surface area contributed by atoms with E-state index in [1.807, 2.05) is 0 Å². The Morgan fingerprint density at radius 1 is 1.26 bits per heavy atom. The Labute approximate surface area is 156 Å². The normalized spacial score (nSPS) is 11.8. The number of alkyl halides is 3. The smallest absolute Gasteiger partial charge is 0.417 e. The van der Waals surface area contributed by atoms with Gasteiger partial charge in [-0.15, -0.1) is 0 Å². The summed E-state index contributed by atoms with van der Waals surface area (Å²) in [5, 5.41) is 5.25. The topological polar surface area (TPSA) is 69.9 Å². The van der Waals surface area contributed by atoms with Crippen molar-refractivity contribution < 1.29 is 22.7 Å². The number of esters is 1. The van der Waals surface area contributed by atoms with Crippen molar-refractivity contribution >= 4 is 28.8 Å². The van der Waals surface area contributed by atoms with Gasteiger partial charge in [0.2, 0.25) is 0 Å². The molecule has 0 radical (unpaired) electrons. The molecule has 27 heavy (non-hydrogen) atoms. The molecule has 0 saturated carbocycles. The lowest BCUT2D eigenvalue weighted by molar-refractivity contribution is -0.137. The highest BCUT2D eigenvalue weighted by atomic mass is 32.2. The number of rotatable bonds is 4. The first-order chi connectivity index (χ1) is 12.7. The molecule has 0 fully saturated rings. The molecule has 142 valence electrons. The van der Waals surface area contributed by atoms with Crippen molar-refractivity contribution in [3.05, 3.63) is 41.3 Å². The Kier molecular flexibility index (Phi) is 5.09. The molecule has 10 heteroatoms. The Hall–Kier alpha value is -2.62. The summed E-state index contributed by atoms with van der Waals surface area (Å²) in [6.07, 6.45) is -2.31. The van der Waals surface area contributed by atoms with Gasteiger partial charge in [0.1, 0.15) is 5.03 Å². The van der Waals surface area contributed by atoms with Crippen molar-refractivity contribution in [1.29, 1.82) is 0 Å². The van der Waals surface area contributed by atoms with E-state index in [0.29, 0.717) is 26.6 Å². The summed E-state index contributed by atoms with van der Waals surface area (Å²) in [5.41, 5.74) is 0.567. The van der Waals surface area contributed by atoms with Crippen LogP contribution < -0.4 is 0 Å². The number of carbonyl (C=O) groups is 1. The van der Waals surface area contributed by atoms with Crippen molar-refractivity contribution in [2.75, 3.05) is 6.61 Å². The van der Waals surface area contributed by atoms with Gasteiger partial charge in [0.15, 0.2) is 5.65 Å². The Morgan fingerprint density at radius 3 is 2.59 bits per heavy atom. The summed E-state index contributed by atoms with van der Waals surface area (Å²) < 4.78 is 44.9. The van der Waals surface area contributed by atoms with E-state index < -0.39 is 17.7 Å². The van der Waals surface area contributed by atoms with Crippen LogP contribution in [0.25, 0.3) is 11.0 Å². The summed E-state index contributed by atoms with van der Waals surface area (Å²) in [6, 6.07) is 2.22. The lowest BCUT2D eigenvalue weighted by Gasteiger charge is -2.11. The van der Waals surface area contributed by atoms with Gasteiger partial charge < -0.3 is 4.74 Å². The zero-order chi connectivity index (χ0) is 19.8. The maximum Gasteiger partial charge on any atom is 0.417 e. The molecule has 0 N–H and O–H groups in total. The summed E-state index contributed by atoms with van der Waals surface area (Å²) in [4.78, 5) is 21.0. The van der Waals surface area contributed by atoms with E-state index in [1.165, 1.54) is 12.3 Å². The third-order valence-corrected chi connectivity index (χ3v) is 4.82. The zero-order valence-corrected chi connectivity index (χ0v) is 15.5. The van der Waals surface area contributed by atoms with Gasteiger partial charge in [0.05, 0.1) is 28.8 Å². The first-order valence-electron chi connectivity index (χ1n) is 7.93. The number of halogens is 3. The Morgan fingerprint density at radius 2 is 2.00 bits per heavy atom. The second-order valence-electron chi connectivity index (χ2n) is 5.61. The van der Waals surface area contributed by atoms with Gasteiger partial charge in [-0.05, 0) is 26.0 Å². The van der Waals surface area contributed by atoms with Gasteiger partial charge in [-0.25, -0.2) is 14.8 Å². The monoisotopic (exact) mass is 396 g/mol. The highest BCUT2D eigenvalue weighted by molar-refractivity contribution is 7.99. The minimum Gasteiger partial charge on any atom is -0.462 e. The average molecular weight is 396 g/mol. The second kappa shape index (κ2) is 7.18. The van der Waals surface area contributed by atoms with Crippen LogP contribution in [-0.4, -0.2) is 32.3 Å². The minimum atomic E-state index is -4.46. The molecule has 3 aromatic heterocycles. The van der Waals surface area contributed by atoms with Crippen LogP contribution >= 0.6 is 11.8 Å². The molecular weight excluding hydrogens is 381 g/mol. The minimum absolute atomic E-state index is 0.186. The van der Waals surface area contributed by atoms with Crippen LogP contribution in [0.15, 0.2) is 34.4 Å². The van der Waals surface area contributed by atoms with E-state index in [0.717, 1.165) is 24.0 Å². The third-order valence-electron chi connectivity index (χ3n) is 3.75. The molecule has 0 unspecified atom stereocenters. The molecule has 0 atom stereocenters. The van der Waals surface area contributed by atoms with Crippen molar-refractivity contribution in [2.45, 2.75) is 29.9 Å². The van der Waals surface area contributed by atoms with Gasteiger partial charge >= 0.3 is 12.1 Å². The molecule has 3 aromatic rings. The summed E-state index contributed by atoms with van der Waals surface area (Å²) >= 11 is 1.07. The van der Waals surface area contributed by atoms with Crippen molar-refractivity contribution in [3.8, 4) is 0 Å². The van der Waals surface area contributed by atoms with E-state index >= 15 is 0 Å². The molecule has 0 aliphatic heterocycles. The number of hydrogen-bond donors (Lipinski definition) is 0. The number of aromatic nitrogens is 4. The Bertz CT molecular complexity index is 1000. The standard InChI is InChI=1S/C17H15F3N4O2S/c1-4-26-16(25)11-8-22-15-13(9(2)23-24(15)3)14(11)27-12-6-5-10(7-21-12)17(18,19)20/h5-8H,4H2,1-3H3. The number of fused-ring (bicyclic) bond motifs is 1. The van der Waals surface area contributed by atoms with Crippen LogP contribution in [0.2, 0.25) is 0 Å². The van der Waals surface area contributed by atoms with E-state index in [1.54, 1.807) is 25.6 Å². The fourth-order valence-electron chi connectivity index (χ4n) is 2.55. The van der Waals surface area contributed by atoms with Crippen LogP contribution in [0.3, 0.4) is 0 Å². The van der Waals surface area contributed by atoms with Crippen LogP contribution in [0.1, 0.15) is 28.5 Å². The molecule has 0 aliphatic rings. The van der Waals surface area contributed by atoms with Gasteiger partial charge in [-0.3, -0.25) is 4.68 Å². The molecule has 0 spiro atoms. The second-order valence-corrected chi connectivity index (χ2v) is 6.64. The molecule has 6 nitrogen and oxygen atoms in total. The number of ether oxygens (including phenoxy) is 1. The van der Waals surface area contributed by atoms with Gasteiger partial charge in [0.25, 0.3) is 0 Å². The van der Waals surface area contributed by atoms with E-state index in [9.17, 15) is 18.0 Å². The lowest BCUT2D eigenvalue weighted by Crippen LogP contribution is -2.08. The van der Waals surface area contributed by atoms with Gasteiger partial charge in [-0.1, -0.05) is 11.8 Å². The summed E-state index contributed by atoms with van der Waals surface area (Å²) in [7, 11) is 1.72. The predicted molar refractivity (Wildman–Crippen MR) is 92.6 cm³/mol. The predicted octanol–water partition coefficient (Wildman–Crippen LogP) is 4.02. The molecule has 0 saturated heterocycles. The maximum absolute atomic E-state index is 12.7. The summed E-state index contributed by atoms with van der Waals surface area (Å²) in [6.45, 7) is 3.64. The fourth-order valence-corrected chi connectivity index (χ4v) is 3.59. The highest BCUT2D eigenvalue weighted by Gasteiger charge is 2.31. The number of nitrogens with zero attached hydrogens (tertiary/aromatic N) is 4. The average Bonchev–Trinajstić information content (AvgIpc) is 2.89. The fraction of sp³-hybridized carbons (Fsp3) is 0.294. The number of aryl methyl sites for hydroxylation is 2. The SMILES string of the molecule is CCOC(=O)c1cnc2c(c(C)nn2C)c1Sc1ccc(C(F)(F)F)cn1. The maximum atomic E-state index is 12.7. The van der Waals surface area contributed by atoms with Crippen molar-refractivity contribution in [2.24, 2.45) is 7.05 Å². The lowest BCUT2D eigenvalue weighted by atomic mass is 10.2. The molecule has 3 rings (SSSR count). The number of carbonyl (C=O) groups excluding carboxylic acids is 1. The van der Waals surface area contributed by atoms with Crippen LogP contribution in [0.4, 0.5) is 13.2 Å². The summed E-state index contributed by atoms with van der Waals surface area (Å²) in [5.74, 6) is -0.565. The quantitative estimate of drug-likeness (QED) is 0.621. The Balaban J connectivity index is 2.10. The van der Waals surface area contributed by atoms with E-state index in [2.05, 4.69) is 15.1 Å². The zero-order valence-electron chi connectivity index (χ0n) is 14.7. The van der Waals surface area contributed by atoms with Gasteiger partial charge in [-0.2, -0.15) is 18.3 Å². The van der Waals surface area contributed by atoms with Crippen molar-refractivity contribution in [1.82, 2.24) is 19.7 Å². The van der Waals surface area contributed by atoms with Gasteiger partial charge in [0, 0.05) is 24.3 Å². The van der Waals surface area contributed by atoms with Crippen LogP contribution in [0.5, 0.6) is 0 Å². The molecule has 0 aromatic carbocycles. The van der Waals surface area contributed by atoms with Crippen LogP contribution in [0, 0.1) is 6.92 Å². The first-order valence-corrected chi connectivity index (χ1v) is 8.74. The number of hydrogen-bond acceptors (Lipinski definition) is 6. The largest absolute Gasteiger partial charge is 0.462 e. The van der Waals surface area contributed by atoms with Crippen molar-refractivity contribution in [3.63, 3.8) is 0 Å². The van der Waals surface area contributed by atoms with E-state index in [4.69, 9.17) is 4.74 Å². The molecule has 0 amide bonds. The molecule has 0 aliphatic carbocycles. The molecule has 3 heterocycles. The first kappa shape index (κ1) is 19.2. The third kappa shape index (κ3) is 3.75.